The maximum atomic E-state index is 12.4. The summed E-state index contributed by atoms with van der Waals surface area (Å²) in [7, 11) is -3.68. The summed E-state index contributed by atoms with van der Waals surface area (Å²) < 4.78 is 37.7. The van der Waals surface area contributed by atoms with Gasteiger partial charge in [0.2, 0.25) is 10.0 Å². The molecular weight excluding hydrogens is 392 g/mol. The molecule has 2 N–H and O–H groups in total. The summed E-state index contributed by atoms with van der Waals surface area (Å²) in [5.41, 5.74) is 0.969. The van der Waals surface area contributed by atoms with Gasteiger partial charge in [-0.25, -0.2) is 13.1 Å². The van der Waals surface area contributed by atoms with Crippen molar-refractivity contribution in [3.8, 4) is 5.75 Å². The van der Waals surface area contributed by atoms with Gasteiger partial charge >= 0.3 is 0 Å². The number of benzene rings is 2. The first-order valence-corrected chi connectivity index (χ1v) is 10.6. The number of furan rings is 1. The Hall–Kier alpha value is -3.10. The molecule has 152 valence electrons. The number of carbonyl (C=O) groups is 1. The van der Waals surface area contributed by atoms with Gasteiger partial charge in [-0.05, 0) is 67.1 Å². The molecule has 0 radical (unpaired) electrons. The molecule has 1 amide bonds. The van der Waals surface area contributed by atoms with Crippen LogP contribution in [-0.4, -0.2) is 20.9 Å². The SMILES string of the molecule is CCCOc1ccc(C(=O)Nc2ccc(S(=O)(=O)NCc3ccco3)cc2)cc1. The summed E-state index contributed by atoms with van der Waals surface area (Å²) in [5, 5.41) is 2.74. The third-order valence-corrected chi connectivity index (χ3v) is 5.45. The molecule has 3 aromatic rings. The number of sulfonamides is 1. The van der Waals surface area contributed by atoms with Gasteiger partial charge in [0.05, 0.1) is 24.3 Å². The molecule has 0 unspecified atom stereocenters. The molecule has 0 aliphatic heterocycles. The maximum Gasteiger partial charge on any atom is 0.255 e. The molecule has 0 saturated carbocycles. The van der Waals surface area contributed by atoms with Crippen molar-refractivity contribution >= 4 is 21.6 Å². The fourth-order valence-corrected chi connectivity index (χ4v) is 3.50. The second kappa shape index (κ2) is 9.40. The topological polar surface area (TPSA) is 97.6 Å². The summed E-state index contributed by atoms with van der Waals surface area (Å²) >= 11 is 0. The van der Waals surface area contributed by atoms with Crippen molar-refractivity contribution in [1.29, 1.82) is 0 Å². The van der Waals surface area contributed by atoms with Crippen LogP contribution in [0, 0.1) is 0 Å². The molecule has 0 fully saturated rings. The average Bonchev–Trinajstić information content (AvgIpc) is 3.25. The van der Waals surface area contributed by atoms with E-state index in [9.17, 15) is 13.2 Å². The van der Waals surface area contributed by atoms with Gasteiger partial charge < -0.3 is 14.5 Å². The van der Waals surface area contributed by atoms with E-state index in [0.29, 0.717) is 29.4 Å². The monoisotopic (exact) mass is 414 g/mol. The van der Waals surface area contributed by atoms with E-state index < -0.39 is 10.0 Å². The van der Waals surface area contributed by atoms with Gasteiger partial charge in [0.25, 0.3) is 5.91 Å². The zero-order valence-electron chi connectivity index (χ0n) is 15.9. The molecule has 0 saturated heterocycles. The molecule has 0 aliphatic carbocycles. The standard InChI is InChI=1S/C21H22N2O5S/c1-2-13-27-18-9-5-16(6-10-18)21(24)23-17-7-11-20(12-8-17)29(25,26)22-15-19-4-3-14-28-19/h3-12,14,22H,2,13,15H2,1H3,(H,23,24). The first-order valence-electron chi connectivity index (χ1n) is 9.14. The highest BCUT2D eigenvalue weighted by Crippen LogP contribution is 2.17. The van der Waals surface area contributed by atoms with Crippen LogP contribution in [0.25, 0.3) is 0 Å². The zero-order chi connectivity index (χ0) is 20.7. The molecule has 1 aromatic heterocycles. The molecule has 3 rings (SSSR count). The van der Waals surface area contributed by atoms with E-state index in [0.717, 1.165) is 6.42 Å². The van der Waals surface area contributed by atoms with Crippen molar-refractivity contribution in [1.82, 2.24) is 4.72 Å². The number of hydrogen-bond donors (Lipinski definition) is 2. The Morgan fingerprint density at radius 2 is 1.76 bits per heavy atom. The van der Waals surface area contributed by atoms with Gasteiger partial charge in [-0.15, -0.1) is 0 Å². The smallest absolute Gasteiger partial charge is 0.255 e. The van der Waals surface area contributed by atoms with Gasteiger partial charge in [-0.1, -0.05) is 6.92 Å². The normalized spacial score (nSPS) is 11.2. The fraction of sp³-hybridized carbons (Fsp3) is 0.190. The van der Waals surface area contributed by atoms with Gasteiger partial charge in [0.1, 0.15) is 11.5 Å². The van der Waals surface area contributed by atoms with Crippen LogP contribution >= 0.6 is 0 Å². The molecule has 0 bridgehead atoms. The van der Waals surface area contributed by atoms with Crippen molar-refractivity contribution in [2.75, 3.05) is 11.9 Å². The highest BCUT2D eigenvalue weighted by atomic mass is 32.2. The molecule has 0 aliphatic rings. The lowest BCUT2D eigenvalue weighted by Gasteiger charge is -2.09. The lowest BCUT2D eigenvalue weighted by Crippen LogP contribution is -2.23. The van der Waals surface area contributed by atoms with Gasteiger partial charge in [0.15, 0.2) is 0 Å². The van der Waals surface area contributed by atoms with Crippen LogP contribution in [0.15, 0.2) is 76.2 Å². The summed E-state index contributed by atoms with van der Waals surface area (Å²) in [6.45, 7) is 2.70. The number of carbonyl (C=O) groups excluding carboxylic acids is 1. The van der Waals surface area contributed by atoms with Crippen LogP contribution in [0.3, 0.4) is 0 Å². The zero-order valence-corrected chi connectivity index (χ0v) is 16.7. The number of nitrogens with one attached hydrogen (secondary N) is 2. The number of anilines is 1. The molecule has 1 heterocycles. The van der Waals surface area contributed by atoms with Crippen molar-refractivity contribution in [2.45, 2.75) is 24.8 Å². The highest BCUT2D eigenvalue weighted by molar-refractivity contribution is 7.89. The Balaban J connectivity index is 1.60. The number of ether oxygens (including phenoxy) is 1. The van der Waals surface area contributed by atoms with Crippen LogP contribution in [0.4, 0.5) is 5.69 Å². The number of rotatable bonds is 9. The van der Waals surface area contributed by atoms with Crippen LogP contribution < -0.4 is 14.8 Å². The third kappa shape index (κ3) is 5.69. The molecular formula is C21H22N2O5S. The second-order valence-corrected chi connectivity index (χ2v) is 8.02. The summed E-state index contributed by atoms with van der Waals surface area (Å²) in [6, 6.07) is 16.2. The predicted octanol–water partition coefficient (Wildman–Crippen LogP) is 3.80. The van der Waals surface area contributed by atoms with E-state index in [-0.39, 0.29) is 17.3 Å². The summed E-state index contributed by atoms with van der Waals surface area (Å²) in [6.07, 6.45) is 2.39. The maximum absolute atomic E-state index is 12.4. The summed E-state index contributed by atoms with van der Waals surface area (Å²) in [5.74, 6) is 0.933. The molecule has 0 spiro atoms. The van der Waals surface area contributed by atoms with Crippen LogP contribution in [0.1, 0.15) is 29.5 Å². The van der Waals surface area contributed by atoms with E-state index in [2.05, 4.69) is 10.0 Å². The van der Waals surface area contributed by atoms with Crippen molar-refractivity contribution in [3.63, 3.8) is 0 Å². The lowest BCUT2D eigenvalue weighted by atomic mass is 10.2. The van der Waals surface area contributed by atoms with Gasteiger partial charge in [-0.3, -0.25) is 4.79 Å². The number of hydrogen-bond acceptors (Lipinski definition) is 5. The first kappa shape index (κ1) is 20.6. The first-order chi connectivity index (χ1) is 14.0. The van der Waals surface area contributed by atoms with Crippen LogP contribution in [-0.2, 0) is 16.6 Å². The van der Waals surface area contributed by atoms with Crippen LogP contribution in [0.5, 0.6) is 5.75 Å². The minimum atomic E-state index is -3.68. The molecule has 8 heteroatoms. The molecule has 2 aromatic carbocycles. The Morgan fingerprint density at radius 3 is 2.38 bits per heavy atom. The molecule has 7 nitrogen and oxygen atoms in total. The summed E-state index contributed by atoms with van der Waals surface area (Å²) in [4.78, 5) is 12.5. The lowest BCUT2D eigenvalue weighted by molar-refractivity contribution is 0.102. The highest BCUT2D eigenvalue weighted by Gasteiger charge is 2.15. The third-order valence-electron chi connectivity index (χ3n) is 4.03. The Bertz CT molecular complexity index is 1030. The second-order valence-electron chi connectivity index (χ2n) is 6.26. The van der Waals surface area contributed by atoms with E-state index >= 15 is 0 Å². The van der Waals surface area contributed by atoms with Gasteiger partial charge in [-0.2, -0.15) is 0 Å². The van der Waals surface area contributed by atoms with Crippen molar-refractivity contribution < 1.29 is 22.4 Å². The quantitative estimate of drug-likeness (QED) is 0.555. The minimum Gasteiger partial charge on any atom is -0.494 e. The molecule has 29 heavy (non-hydrogen) atoms. The largest absolute Gasteiger partial charge is 0.494 e. The Kier molecular flexibility index (Phi) is 6.69. The van der Waals surface area contributed by atoms with E-state index in [1.54, 1.807) is 36.4 Å². The van der Waals surface area contributed by atoms with E-state index in [4.69, 9.17) is 9.15 Å². The Morgan fingerprint density at radius 1 is 1.03 bits per heavy atom. The van der Waals surface area contributed by atoms with Crippen LogP contribution in [0.2, 0.25) is 0 Å². The van der Waals surface area contributed by atoms with Crippen molar-refractivity contribution in [2.24, 2.45) is 0 Å². The van der Waals surface area contributed by atoms with Gasteiger partial charge in [0, 0.05) is 11.3 Å². The Labute approximate surface area is 169 Å². The number of amides is 1. The van der Waals surface area contributed by atoms with Crippen molar-refractivity contribution in [3.05, 3.63) is 78.3 Å². The minimum absolute atomic E-state index is 0.0613. The average molecular weight is 414 g/mol. The molecule has 0 atom stereocenters. The predicted molar refractivity (Wildman–Crippen MR) is 109 cm³/mol. The van der Waals surface area contributed by atoms with E-state index in [1.165, 1.54) is 30.5 Å². The fourth-order valence-electron chi connectivity index (χ4n) is 2.51. The van der Waals surface area contributed by atoms with E-state index in [1.807, 2.05) is 6.92 Å².